The molecule has 0 aliphatic rings. The van der Waals surface area contributed by atoms with Crippen LogP contribution in [0.3, 0.4) is 0 Å². The van der Waals surface area contributed by atoms with Gasteiger partial charge < -0.3 is 4.74 Å². The Morgan fingerprint density at radius 2 is 2.00 bits per heavy atom. The van der Waals surface area contributed by atoms with Gasteiger partial charge in [0.1, 0.15) is 17.9 Å². The molecule has 0 radical (unpaired) electrons. The molecule has 1 aromatic rings. The largest absolute Gasteiger partial charge is 0.487 e. The van der Waals surface area contributed by atoms with Gasteiger partial charge in [0, 0.05) is 0 Å². The zero-order valence-corrected chi connectivity index (χ0v) is 11.3. The molecule has 0 aliphatic carbocycles. The Morgan fingerprint density at radius 3 is 2.50 bits per heavy atom. The van der Waals surface area contributed by atoms with Crippen LogP contribution < -0.4 is 10.2 Å². The molecule has 0 fully saturated rings. The molecule has 0 bridgehead atoms. The highest BCUT2D eigenvalue weighted by atomic mass is 19.3. The van der Waals surface area contributed by atoms with E-state index >= 15 is 0 Å². The van der Waals surface area contributed by atoms with Gasteiger partial charge in [0.05, 0.1) is 5.69 Å². The zero-order chi connectivity index (χ0) is 16.8. The predicted octanol–water partition coefficient (Wildman–Crippen LogP) is 3.09. The number of nitrogens with one attached hydrogen (secondary N) is 1. The number of anilines is 1. The maximum absolute atomic E-state index is 12.7. The van der Waals surface area contributed by atoms with E-state index in [0.29, 0.717) is 11.3 Å². The number of nitrogens with zero attached hydrogens (tertiary/aromatic N) is 3. The average molecular weight is 314 g/mol. The van der Waals surface area contributed by atoms with Crippen LogP contribution in [0.25, 0.3) is 0 Å². The first-order chi connectivity index (χ1) is 10.3. The number of aryl methyl sites for hydroxylation is 1. The van der Waals surface area contributed by atoms with Gasteiger partial charge in [-0.3, -0.25) is 5.43 Å². The lowest BCUT2D eigenvalue weighted by molar-refractivity contribution is -0.148. The number of hydrogen-bond donors (Lipinski definition) is 1. The van der Waals surface area contributed by atoms with E-state index < -0.39 is 24.7 Å². The minimum Gasteiger partial charge on any atom is -0.487 e. The lowest BCUT2D eigenvalue weighted by Gasteiger charge is -2.16. The van der Waals surface area contributed by atoms with E-state index in [0.717, 1.165) is 0 Å². The van der Waals surface area contributed by atoms with Crippen LogP contribution in [-0.4, -0.2) is 24.7 Å². The molecule has 0 unspecified atom stereocenters. The summed E-state index contributed by atoms with van der Waals surface area (Å²) in [6, 6.07) is 7.09. The van der Waals surface area contributed by atoms with Gasteiger partial charge in [-0.1, -0.05) is 0 Å². The number of hydrazone groups is 1. The van der Waals surface area contributed by atoms with Gasteiger partial charge in [-0.25, -0.2) is 8.78 Å². The molecule has 0 atom stereocenters. The summed E-state index contributed by atoms with van der Waals surface area (Å²) in [4.78, 5) is 0. The second-order valence-corrected chi connectivity index (χ2v) is 4.12. The number of alkyl halides is 4. The Hall–Kier alpha value is -2.81. The number of halogens is 4. The summed E-state index contributed by atoms with van der Waals surface area (Å²) in [6.07, 6.45) is -3.81. The van der Waals surface area contributed by atoms with E-state index in [1.807, 2.05) is 0 Å². The minimum atomic E-state index is -4.23. The molecular formula is C13H10F4N4O. The zero-order valence-electron chi connectivity index (χ0n) is 11.3. The van der Waals surface area contributed by atoms with Gasteiger partial charge >= 0.3 is 12.3 Å². The molecule has 0 amide bonds. The van der Waals surface area contributed by atoms with Crippen molar-refractivity contribution >= 4 is 11.4 Å². The predicted molar refractivity (Wildman–Crippen MR) is 69.9 cm³/mol. The number of nitriles is 2. The Bertz CT molecular complexity index is 630. The molecule has 0 aliphatic heterocycles. The van der Waals surface area contributed by atoms with Crippen LogP contribution in [0.5, 0.6) is 5.75 Å². The van der Waals surface area contributed by atoms with Gasteiger partial charge in [0.15, 0.2) is 6.61 Å². The van der Waals surface area contributed by atoms with Crippen molar-refractivity contribution in [2.75, 3.05) is 12.0 Å². The van der Waals surface area contributed by atoms with Gasteiger partial charge in [0.2, 0.25) is 5.71 Å². The lowest BCUT2D eigenvalue weighted by atomic mass is 10.2. The van der Waals surface area contributed by atoms with Crippen molar-refractivity contribution < 1.29 is 22.3 Å². The first-order valence-electron chi connectivity index (χ1n) is 5.83. The summed E-state index contributed by atoms with van der Waals surface area (Å²) in [7, 11) is 0. The van der Waals surface area contributed by atoms with E-state index in [2.05, 4.69) is 15.3 Å². The normalized spacial score (nSPS) is 10.5. The Balaban J connectivity index is 2.77. The highest BCUT2D eigenvalue weighted by Gasteiger charge is 2.41. The fourth-order valence-electron chi connectivity index (χ4n) is 1.29. The summed E-state index contributed by atoms with van der Waals surface area (Å²) in [5.74, 6) is -4.25. The molecule has 1 N–H and O–H groups in total. The second-order valence-electron chi connectivity index (χ2n) is 4.12. The van der Waals surface area contributed by atoms with Crippen LogP contribution in [-0.2, 0) is 0 Å². The first-order valence-corrected chi connectivity index (χ1v) is 5.83. The quantitative estimate of drug-likeness (QED) is 0.497. The maximum Gasteiger partial charge on any atom is 0.340 e. The molecule has 0 aromatic heterocycles. The Morgan fingerprint density at radius 1 is 1.36 bits per heavy atom. The second kappa shape index (κ2) is 7.27. The molecule has 0 saturated heterocycles. The molecule has 1 aromatic carbocycles. The van der Waals surface area contributed by atoms with Crippen LogP contribution in [0.2, 0.25) is 0 Å². The van der Waals surface area contributed by atoms with Gasteiger partial charge in [0.25, 0.3) is 0 Å². The minimum absolute atomic E-state index is 0.0202. The number of hydrogen-bond acceptors (Lipinski definition) is 5. The van der Waals surface area contributed by atoms with E-state index in [-0.39, 0.29) is 5.75 Å². The van der Waals surface area contributed by atoms with Crippen molar-refractivity contribution in [2.24, 2.45) is 5.10 Å². The van der Waals surface area contributed by atoms with E-state index in [9.17, 15) is 17.6 Å². The fourth-order valence-corrected chi connectivity index (χ4v) is 1.29. The van der Waals surface area contributed by atoms with Gasteiger partial charge in [-0.2, -0.15) is 24.4 Å². The summed E-state index contributed by atoms with van der Waals surface area (Å²) < 4.78 is 54.1. The van der Waals surface area contributed by atoms with Crippen molar-refractivity contribution in [3.63, 3.8) is 0 Å². The molecule has 5 nitrogen and oxygen atoms in total. The summed E-state index contributed by atoms with van der Waals surface area (Å²) in [6.45, 7) is 0.135. The summed E-state index contributed by atoms with van der Waals surface area (Å²) in [5.41, 5.74) is 2.96. The van der Waals surface area contributed by atoms with Crippen molar-refractivity contribution in [2.45, 2.75) is 19.3 Å². The third-order valence-corrected chi connectivity index (χ3v) is 2.45. The van der Waals surface area contributed by atoms with Crippen molar-refractivity contribution in [3.05, 3.63) is 23.8 Å². The molecule has 0 heterocycles. The smallest absolute Gasteiger partial charge is 0.340 e. The highest BCUT2D eigenvalue weighted by Crippen LogP contribution is 2.26. The average Bonchev–Trinajstić information content (AvgIpc) is 2.47. The molecule has 116 valence electrons. The third kappa shape index (κ3) is 4.63. The highest BCUT2D eigenvalue weighted by molar-refractivity contribution is 6.10. The van der Waals surface area contributed by atoms with E-state index in [4.69, 9.17) is 10.5 Å². The molecule has 9 heteroatoms. The number of rotatable bonds is 6. The first kappa shape index (κ1) is 17.2. The summed E-state index contributed by atoms with van der Waals surface area (Å²) >= 11 is 0. The van der Waals surface area contributed by atoms with Crippen LogP contribution in [0, 0.1) is 29.6 Å². The monoisotopic (exact) mass is 314 g/mol. The Labute approximate surface area is 123 Å². The summed E-state index contributed by atoms with van der Waals surface area (Å²) in [5, 5.41) is 20.5. The lowest BCUT2D eigenvalue weighted by Crippen LogP contribution is -2.33. The van der Waals surface area contributed by atoms with E-state index in [1.165, 1.54) is 18.2 Å². The number of ether oxygens (including phenoxy) is 1. The standard InChI is InChI=1S/C13H10F4N4O/c1-8-4-10(22-7-13(16,17)12(14)15)2-3-11(8)21-20-9(5-18)6-19/h2-4,12,21H,7H2,1H3. The molecule has 22 heavy (non-hydrogen) atoms. The van der Waals surface area contributed by atoms with Crippen molar-refractivity contribution in [1.29, 1.82) is 10.5 Å². The third-order valence-electron chi connectivity index (χ3n) is 2.45. The topological polar surface area (TPSA) is 81.2 Å². The SMILES string of the molecule is Cc1cc(OCC(F)(F)C(F)F)ccc1NN=C(C#N)C#N. The molecule has 1 rings (SSSR count). The maximum atomic E-state index is 12.7. The molecule has 0 spiro atoms. The number of benzene rings is 1. The van der Waals surface area contributed by atoms with Crippen LogP contribution in [0.4, 0.5) is 23.2 Å². The van der Waals surface area contributed by atoms with Crippen molar-refractivity contribution in [3.8, 4) is 17.9 Å². The fraction of sp³-hybridized carbons (Fsp3) is 0.308. The van der Waals surface area contributed by atoms with Crippen molar-refractivity contribution in [1.82, 2.24) is 0 Å². The van der Waals surface area contributed by atoms with Gasteiger partial charge in [-0.15, -0.1) is 0 Å². The van der Waals surface area contributed by atoms with E-state index in [1.54, 1.807) is 19.1 Å². The van der Waals surface area contributed by atoms with Crippen LogP contribution >= 0.6 is 0 Å². The molecular weight excluding hydrogens is 304 g/mol. The molecule has 0 saturated carbocycles. The van der Waals surface area contributed by atoms with Crippen LogP contribution in [0.1, 0.15) is 5.56 Å². The Kier molecular flexibility index (Phi) is 5.70. The van der Waals surface area contributed by atoms with Gasteiger partial charge in [-0.05, 0) is 30.7 Å². The van der Waals surface area contributed by atoms with Crippen LogP contribution in [0.15, 0.2) is 23.3 Å².